The molecule has 3 rings (SSSR count). The highest BCUT2D eigenvalue weighted by atomic mass is 79.9. The molecule has 1 unspecified atom stereocenters. The fraction of sp³-hybridized carbons (Fsp3) is 0.200. The molecule has 0 fully saturated rings. The highest BCUT2D eigenvalue weighted by Gasteiger charge is 2.20. The van der Waals surface area contributed by atoms with Crippen molar-refractivity contribution >= 4 is 21.6 Å². The Labute approximate surface area is 115 Å². The summed E-state index contributed by atoms with van der Waals surface area (Å²) in [7, 11) is 0. The molecule has 0 bridgehead atoms. The van der Waals surface area contributed by atoms with Gasteiger partial charge in [-0.05, 0) is 42.3 Å². The molecule has 1 aliphatic heterocycles. The van der Waals surface area contributed by atoms with Crippen LogP contribution in [0, 0.1) is 0 Å². The predicted octanol–water partition coefficient (Wildman–Crippen LogP) is 3.86. The Kier molecular flexibility index (Phi) is 3.24. The van der Waals surface area contributed by atoms with E-state index in [2.05, 4.69) is 45.5 Å². The van der Waals surface area contributed by atoms with Gasteiger partial charge in [-0.1, -0.05) is 34.1 Å². The average Bonchev–Trinajstić information content (AvgIpc) is 2.81. The molecule has 1 atom stereocenters. The average molecular weight is 304 g/mol. The van der Waals surface area contributed by atoms with Crippen LogP contribution < -0.4 is 10.1 Å². The molecule has 1 aliphatic rings. The van der Waals surface area contributed by atoms with E-state index < -0.39 is 0 Å². The Balaban J connectivity index is 1.58. The molecule has 2 aromatic rings. The Bertz CT molecular complexity index is 513. The van der Waals surface area contributed by atoms with Gasteiger partial charge in [0.25, 0.3) is 0 Å². The van der Waals surface area contributed by atoms with Gasteiger partial charge in [0, 0.05) is 10.2 Å². The van der Waals surface area contributed by atoms with E-state index in [0.717, 1.165) is 16.6 Å². The minimum atomic E-state index is 0.367. The van der Waals surface area contributed by atoms with Crippen LogP contribution in [0.2, 0.25) is 0 Å². The Morgan fingerprint density at radius 2 is 1.89 bits per heavy atom. The van der Waals surface area contributed by atoms with Crippen molar-refractivity contribution in [2.75, 3.05) is 11.9 Å². The summed E-state index contributed by atoms with van der Waals surface area (Å²) in [6, 6.07) is 16.7. The minimum absolute atomic E-state index is 0.367. The summed E-state index contributed by atoms with van der Waals surface area (Å²) in [6.45, 7) is 0.691. The van der Waals surface area contributed by atoms with Crippen molar-refractivity contribution in [2.45, 2.75) is 12.5 Å². The summed E-state index contributed by atoms with van der Waals surface area (Å²) in [5.74, 6) is 0.913. The van der Waals surface area contributed by atoms with Crippen LogP contribution in [0.3, 0.4) is 0 Å². The maximum atomic E-state index is 5.79. The first kappa shape index (κ1) is 11.6. The quantitative estimate of drug-likeness (QED) is 0.929. The van der Waals surface area contributed by atoms with Gasteiger partial charge in [0.1, 0.15) is 12.4 Å². The van der Waals surface area contributed by atoms with Crippen LogP contribution in [-0.2, 0) is 6.42 Å². The molecule has 1 heterocycles. The minimum Gasteiger partial charge on any atom is -0.491 e. The van der Waals surface area contributed by atoms with Gasteiger partial charge in [-0.3, -0.25) is 0 Å². The molecule has 92 valence electrons. The number of rotatable bonds is 3. The van der Waals surface area contributed by atoms with E-state index >= 15 is 0 Å². The van der Waals surface area contributed by atoms with Gasteiger partial charge in [-0.2, -0.15) is 0 Å². The summed E-state index contributed by atoms with van der Waals surface area (Å²) < 4.78 is 6.86. The van der Waals surface area contributed by atoms with E-state index in [1.807, 2.05) is 24.3 Å². The lowest BCUT2D eigenvalue weighted by molar-refractivity contribution is 0.299. The van der Waals surface area contributed by atoms with Gasteiger partial charge in [-0.25, -0.2) is 0 Å². The number of nitrogens with one attached hydrogen (secondary N) is 1. The zero-order valence-corrected chi connectivity index (χ0v) is 11.5. The molecule has 0 saturated heterocycles. The SMILES string of the molecule is Brc1ccc(OCC2Cc3ccccc3N2)cc1. The maximum Gasteiger partial charge on any atom is 0.119 e. The Morgan fingerprint density at radius 1 is 1.11 bits per heavy atom. The summed E-state index contributed by atoms with van der Waals surface area (Å²) in [6.07, 6.45) is 1.03. The van der Waals surface area contributed by atoms with Gasteiger partial charge in [-0.15, -0.1) is 0 Å². The van der Waals surface area contributed by atoms with Crippen LogP contribution in [0.1, 0.15) is 5.56 Å². The van der Waals surface area contributed by atoms with Crippen LogP contribution in [0.25, 0.3) is 0 Å². The fourth-order valence-electron chi connectivity index (χ4n) is 2.20. The summed E-state index contributed by atoms with van der Waals surface area (Å²) >= 11 is 3.41. The van der Waals surface area contributed by atoms with Crippen molar-refractivity contribution in [3.8, 4) is 5.75 Å². The van der Waals surface area contributed by atoms with Crippen molar-refractivity contribution in [1.82, 2.24) is 0 Å². The van der Waals surface area contributed by atoms with Gasteiger partial charge in [0.2, 0.25) is 0 Å². The van der Waals surface area contributed by atoms with Crippen molar-refractivity contribution in [1.29, 1.82) is 0 Å². The highest BCUT2D eigenvalue weighted by molar-refractivity contribution is 9.10. The highest BCUT2D eigenvalue weighted by Crippen LogP contribution is 2.25. The second-order valence-electron chi connectivity index (χ2n) is 4.47. The lowest BCUT2D eigenvalue weighted by Gasteiger charge is -2.13. The van der Waals surface area contributed by atoms with E-state index in [-0.39, 0.29) is 0 Å². The number of hydrogen-bond donors (Lipinski definition) is 1. The van der Waals surface area contributed by atoms with Crippen LogP contribution >= 0.6 is 15.9 Å². The number of ether oxygens (including phenoxy) is 1. The van der Waals surface area contributed by atoms with Gasteiger partial charge >= 0.3 is 0 Å². The first-order chi connectivity index (χ1) is 8.81. The molecule has 1 N–H and O–H groups in total. The normalized spacial score (nSPS) is 17.1. The van der Waals surface area contributed by atoms with E-state index in [0.29, 0.717) is 12.6 Å². The molecule has 0 saturated carbocycles. The largest absolute Gasteiger partial charge is 0.491 e. The number of halogens is 1. The lowest BCUT2D eigenvalue weighted by Crippen LogP contribution is -2.24. The van der Waals surface area contributed by atoms with Crippen LogP contribution in [0.15, 0.2) is 53.0 Å². The van der Waals surface area contributed by atoms with Gasteiger partial charge in [0.15, 0.2) is 0 Å². The molecule has 2 aromatic carbocycles. The molecule has 0 spiro atoms. The van der Waals surface area contributed by atoms with E-state index in [9.17, 15) is 0 Å². The van der Waals surface area contributed by atoms with E-state index in [1.54, 1.807) is 0 Å². The smallest absolute Gasteiger partial charge is 0.119 e. The number of hydrogen-bond acceptors (Lipinski definition) is 2. The summed E-state index contributed by atoms with van der Waals surface area (Å²) in [5, 5.41) is 3.48. The fourth-order valence-corrected chi connectivity index (χ4v) is 2.47. The number of benzene rings is 2. The molecular weight excluding hydrogens is 290 g/mol. The zero-order chi connectivity index (χ0) is 12.4. The molecular formula is C15H14BrNO. The Morgan fingerprint density at radius 3 is 2.67 bits per heavy atom. The predicted molar refractivity (Wildman–Crippen MR) is 77.2 cm³/mol. The number of fused-ring (bicyclic) bond motifs is 1. The lowest BCUT2D eigenvalue weighted by atomic mass is 10.1. The maximum absolute atomic E-state index is 5.79. The summed E-state index contributed by atoms with van der Waals surface area (Å²) in [5.41, 5.74) is 2.61. The van der Waals surface area contributed by atoms with Crippen LogP contribution in [0.5, 0.6) is 5.75 Å². The first-order valence-electron chi connectivity index (χ1n) is 6.04. The third-order valence-corrected chi connectivity index (χ3v) is 3.64. The van der Waals surface area contributed by atoms with Crippen LogP contribution in [-0.4, -0.2) is 12.6 Å². The van der Waals surface area contributed by atoms with Crippen LogP contribution in [0.4, 0.5) is 5.69 Å². The van der Waals surface area contributed by atoms with Gasteiger partial charge < -0.3 is 10.1 Å². The monoisotopic (exact) mass is 303 g/mol. The Hall–Kier alpha value is -1.48. The topological polar surface area (TPSA) is 21.3 Å². The molecule has 0 aliphatic carbocycles. The molecule has 18 heavy (non-hydrogen) atoms. The van der Waals surface area contributed by atoms with Crippen molar-refractivity contribution in [3.63, 3.8) is 0 Å². The summed E-state index contributed by atoms with van der Waals surface area (Å²) in [4.78, 5) is 0. The standard InChI is InChI=1S/C15H14BrNO/c16-12-5-7-14(8-6-12)18-10-13-9-11-3-1-2-4-15(11)17-13/h1-8,13,17H,9-10H2. The molecule has 0 amide bonds. The van der Waals surface area contributed by atoms with Crippen molar-refractivity contribution in [2.24, 2.45) is 0 Å². The first-order valence-corrected chi connectivity index (χ1v) is 6.83. The molecule has 0 radical (unpaired) electrons. The van der Waals surface area contributed by atoms with Crippen molar-refractivity contribution in [3.05, 3.63) is 58.6 Å². The molecule has 2 nitrogen and oxygen atoms in total. The molecule has 0 aromatic heterocycles. The number of anilines is 1. The second-order valence-corrected chi connectivity index (χ2v) is 5.38. The third kappa shape index (κ3) is 2.51. The van der Waals surface area contributed by atoms with E-state index in [4.69, 9.17) is 4.74 Å². The van der Waals surface area contributed by atoms with E-state index in [1.165, 1.54) is 11.3 Å². The van der Waals surface area contributed by atoms with Gasteiger partial charge in [0.05, 0.1) is 6.04 Å². The third-order valence-electron chi connectivity index (χ3n) is 3.11. The molecule has 3 heteroatoms. The zero-order valence-electron chi connectivity index (χ0n) is 9.90. The van der Waals surface area contributed by atoms with Crippen molar-refractivity contribution < 1.29 is 4.74 Å². The number of para-hydroxylation sites is 1. The second kappa shape index (κ2) is 5.02.